The molecule has 0 amide bonds. The zero-order chi connectivity index (χ0) is 20.8. The molecule has 0 radical (unpaired) electrons. The number of para-hydroxylation sites is 1. The molecule has 2 aromatic carbocycles. The van der Waals surface area contributed by atoms with Gasteiger partial charge in [0, 0.05) is 37.3 Å². The highest BCUT2D eigenvalue weighted by atomic mass is 127. The topological polar surface area (TPSA) is 48.9 Å². The molecule has 7 heteroatoms. The maximum absolute atomic E-state index is 14.3. The summed E-state index contributed by atoms with van der Waals surface area (Å²) in [6.45, 7) is 7.46. The van der Waals surface area contributed by atoms with E-state index >= 15 is 0 Å². The van der Waals surface area contributed by atoms with Crippen LogP contribution in [-0.2, 0) is 16.7 Å². The van der Waals surface area contributed by atoms with Crippen molar-refractivity contribution in [2.24, 2.45) is 4.99 Å². The Morgan fingerprint density at radius 2 is 1.77 bits per heavy atom. The fourth-order valence-corrected chi connectivity index (χ4v) is 4.10. The fraction of sp³-hybridized carbons (Fsp3) is 0.458. The molecule has 1 aliphatic carbocycles. The number of morpholine rings is 1. The molecule has 1 saturated carbocycles. The number of halogens is 2. The van der Waals surface area contributed by atoms with Crippen molar-refractivity contribution in [2.45, 2.75) is 31.7 Å². The summed E-state index contributed by atoms with van der Waals surface area (Å²) in [6.07, 6.45) is 2.00. The van der Waals surface area contributed by atoms with Crippen molar-refractivity contribution in [2.75, 3.05) is 44.3 Å². The van der Waals surface area contributed by atoms with E-state index in [4.69, 9.17) is 9.73 Å². The summed E-state index contributed by atoms with van der Waals surface area (Å²) in [4.78, 5) is 7.20. The monoisotopic (exact) mass is 538 g/mol. The van der Waals surface area contributed by atoms with E-state index in [1.54, 1.807) is 12.1 Å². The lowest BCUT2D eigenvalue weighted by molar-refractivity contribution is 0.122. The van der Waals surface area contributed by atoms with Crippen LogP contribution in [-0.4, -0.2) is 45.4 Å². The number of guanidine groups is 1. The highest BCUT2D eigenvalue weighted by Crippen LogP contribution is 2.48. The van der Waals surface area contributed by atoms with Crippen molar-refractivity contribution in [1.29, 1.82) is 0 Å². The Hall–Kier alpha value is -1.87. The molecule has 4 rings (SSSR count). The average Bonchev–Trinajstić information content (AvgIpc) is 3.58. The maximum atomic E-state index is 14.3. The van der Waals surface area contributed by atoms with Crippen molar-refractivity contribution in [3.8, 4) is 0 Å². The van der Waals surface area contributed by atoms with Gasteiger partial charge in [-0.2, -0.15) is 0 Å². The van der Waals surface area contributed by atoms with Crippen LogP contribution in [0, 0.1) is 5.82 Å². The lowest BCUT2D eigenvalue weighted by Crippen LogP contribution is -2.41. The third kappa shape index (κ3) is 5.88. The minimum atomic E-state index is -0.118. The number of benzene rings is 2. The number of nitrogens with zero attached hydrogens (tertiary/aromatic N) is 2. The number of ether oxygens (including phenoxy) is 1. The van der Waals surface area contributed by atoms with E-state index in [2.05, 4.69) is 46.7 Å². The molecule has 2 aliphatic rings. The lowest BCUT2D eigenvalue weighted by atomic mass is 9.95. The molecule has 0 bridgehead atoms. The summed E-state index contributed by atoms with van der Waals surface area (Å²) < 4.78 is 19.8. The van der Waals surface area contributed by atoms with Gasteiger partial charge in [0.1, 0.15) is 5.82 Å². The minimum absolute atomic E-state index is 0. The van der Waals surface area contributed by atoms with Gasteiger partial charge in [0.15, 0.2) is 5.96 Å². The molecule has 0 aromatic heterocycles. The summed E-state index contributed by atoms with van der Waals surface area (Å²) >= 11 is 0. The second kappa shape index (κ2) is 11.1. The minimum Gasteiger partial charge on any atom is -0.378 e. The molecule has 0 atom stereocenters. The van der Waals surface area contributed by atoms with E-state index in [0.29, 0.717) is 13.1 Å². The molecule has 2 N–H and O–H groups in total. The summed E-state index contributed by atoms with van der Waals surface area (Å²) in [6, 6.07) is 15.6. The van der Waals surface area contributed by atoms with Crippen molar-refractivity contribution < 1.29 is 9.13 Å². The van der Waals surface area contributed by atoms with Crippen LogP contribution in [0.4, 0.5) is 10.1 Å². The van der Waals surface area contributed by atoms with E-state index in [1.165, 1.54) is 11.3 Å². The summed E-state index contributed by atoms with van der Waals surface area (Å²) in [5.41, 5.74) is 3.12. The quantitative estimate of drug-likeness (QED) is 0.317. The Morgan fingerprint density at radius 3 is 2.48 bits per heavy atom. The van der Waals surface area contributed by atoms with Gasteiger partial charge in [-0.15, -0.1) is 24.0 Å². The predicted molar refractivity (Wildman–Crippen MR) is 135 cm³/mol. The first kappa shape index (κ1) is 23.8. The van der Waals surface area contributed by atoms with Gasteiger partial charge in [-0.25, -0.2) is 9.38 Å². The standard InChI is InChI=1S/C24H31FN4O.HI/c1-2-26-23(28-18-24(11-12-24)20-8-4-5-9-21(20)25)27-17-19-7-3-6-10-22(19)29-13-15-30-16-14-29;/h3-10H,2,11-18H2,1H3,(H2,26,27,28);1H. The first-order valence-corrected chi connectivity index (χ1v) is 10.9. The molecule has 0 unspecified atom stereocenters. The Balaban J connectivity index is 0.00000272. The van der Waals surface area contributed by atoms with Gasteiger partial charge in [-0.05, 0) is 43.0 Å². The summed E-state index contributed by atoms with van der Waals surface area (Å²) in [5.74, 6) is 0.662. The second-order valence-electron chi connectivity index (χ2n) is 8.04. The van der Waals surface area contributed by atoms with Crippen molar-refractivity contribution in [3.63, 3.8) is 0 Å². The molecule has 31 heavy (non-hydrogen) atoms. The predicted octanol–water partition coefficient (Wildman–Crippen LogP) is 4.07. The molecule has 1 aliphatic heterocycles. The van der Waals surface area contributed by atoms with Crippen LogP contribution >= 0.6 is 24.0 Å². The Labute approximate surface area is 201 Å². The van der Waals surface area contributed by atoms with E-state index in [9.17, 15) is 4.39 Å². The van der Waals surface area contributed by atoms with Gasteiger partial charge >= 0.3 is 0 Å². The highest BCUT2D eigenvalue weighted by molar-refractivity contribution is 14.0. The van der Waals surface area contributed by atoms with Crippen molar-refractivity contribution in [1.82, 2.24) is 10.6 Å². The third-order valence-corrected chi connectivity index (χ3v) is 5.99. The Morgan fingerprint density at radius 1 is 1.06 bits per heavy atom. The van der Waals surface area contributed by atoms with Gasteiger partial charge in [-0.3, -0.25) is 0 Å². The molecule has 1 heterocycles. The van der Waals surface area contributed by atoms with E-state index in [0.717, 1.165) is 57.2 Å². The molecule has 5 nitrogen and oxygen atoms in total. The number of hydrogen-bond acceptors (Lipinski definition) is 3. The Bertz CT molecular complexity index is 881. The SMILES string of the molecule is CCNC(=NCc1ccccc1N1CCOCC1)NCC1(c2ccccc2F)CC1.I. The molecule has 168 valence electrons. The normalized spacial score (nSPS) is 17.6. The van der Waals surface area contributed by atoms with Crippen LogP contribution in [0.2, 0.25) is 0 Å². The van der Waals surface area contributed by atoms with E-state index in [-0.39, 0.29) is 35.2 Å². The van der Waals surface area contributed by atoms with Gasteiger partial charge < -0.3 is 20.3 Å². The molecule has 2 fully saturated rings. The summed E-state index contributed by atoms with van der Waals surface area (Å²) in [7, 11) is 0. The van der Waals surface area contributed by atoms with Crippen LogP contribution in [0.3, 0.4) is 0 Å². The number of nitrogens with one attached hydrogen (secondary N) is 2. The van der Waals surface area contributed by atoms with Gasteiger partial charge in [0.25, 0.3) is 0 Å². The largest absolute Gasteiger partial charge is 0.378 e. The van der Waals surface area contributed by atoms with Crippen LogP contribution in [0.1, 0.15) is 30.9 Å². The maximum Gasteiger partial charge on any atom is 0.191 e. The van der Waals surface area contributed by atoms with Crippen LogP contribution in [0.25, 0.3) is 0 Å². The zero-order valence-corrected chi connectivity index (χ0v) is 20.4. The molecule has 2 aromatic rings. The fourth-order valence-electron chi connectivity index (χ4n) is 4.10. The molecular formula is C24H32FIN4O. The van der Waals surface area contributed by atoms with Crippen molar-refractivity contribution in [3.05, 3.63) is 65.5 Å². The van der Waals surface area contributed by atoms with Gasteiger partial charge in [-0.1, -0.05) is 36.4 Å². The smallest absolute Gasteiger partial charge is 0.191 e. The molecular weight excluding hydrogens is 506 g/mol. The number of rotatable bonds is 7. The number of anilines is 1. The third-order valence-electron chi connectivity index (χ3n) is 5.99. The molecule has 1 saturated heterocycles. The highest BCUT2D eigenvalue weighted by Gasteiger charge is 2.45. The van der Waals surface area contributed by atoms with E-state index < -0.39 is 0 Å². The van der Waals surface area contributed by atoms with Gasteiger partial charge in [0.05, 0.1) is 19.8 Å². The first-order valence-electron chi connectivity index (χ1n) is 10.9. The van der Waals surface area contributed by atoms with Crippen LogP contribution < -0.4 is 15.5 Å². The van der Waals surface area contributed by atoms with Gasteiger partial charge in [0.2, 0.25) is 0 Å². The van der Waals surface area contributed by atoms with Crippen molar-refractivity contribution >= 4 is 35.6 Å². The number of aliphatic imine (C=N–C) groups is 1. The average molecular weight is 538 g/mol. The van der Waals surface area contributed by atoms with E-state index in [1.807, 2.05) is 12.1 Å². The lowest BCUT2D eigenvalue weighted by Gasteiger charge is -2.30. The van der Waals surface area contributed by atoms with Crippen LogP contribution in [0.15, 0.2) is 53.5 Å². The zero-order valence-electron chi connectivity index (χ0n) is 18.1. The number of hydrogen-bond donors (Lipinski definition) is 2. The first-order chi connectivity index (χ1) is 14.7. The Kier molecular flexibility index (Phi) is 8.54. The van der Waals surface area contributed by atoms with Crippen LogP contribution in [0.5, 0.6) is 0 Å². The molecule has 0 spiro atoms. The second-order valence-corrected chi connectivity index (χ2v) is 8.04. The summed E-state index contributed by atoms with van der Waals surface area (Å²) in [5, 5.41) is 6.79.